The molecule has 1 aliphatic rings. The molecule has 0 spiro atoms. The number of hydrogen-bond donors (Lipinski definition) is 0. The monoisotopic (exact) mass is 231 g/mol. The van der Waals surface area contributed by atoms with Crippen molar-refractivity contribution in [3.63, 3.8) is 0 Å². The summed E-state index contributed by atoms with van der Waals surface area (Å²) in [6.07, 6.45) is 0. The Labute approximate surface area is 99.2 Å². The average Bonchev–Trinajstić information content (AvgIpc) is 2.42. The van der Waals surface area contributed by atoms with E-state index in [9.17, 15) is 14.4 Å². The van der Waals surface area contributed by atoms with Crippen LogP contribution in [-0.4, -0.2) is 24.0 Å². The van der Waals surface area contributed by atoms with Gasteiger partial charge in [0.15, 0.2) is 0 Å². The molecule has 0 unspecified atom stereocenters. The third-order valence-electron chi connectivity index (χ3n) is 2.80. The number of anilines is 1. The zero-order valence-electron chi connectivity index (χ0n) is 10.0. The van der Waals surface area contributed by atoms with Crippen LogP contribution >= 0.6 is 0 Å². The normalized spacial score (nSPS) is 14.2. The van der Waals surface area contributed by atoms with Gasteiger partial charge in [-0.15, -0.1) is 0 Å². The second-order valence-electron chi connectivity index (χ2n) is 4.40. The molecule has 0 saturated heterocycles. The maximum atomic E-state index is 11.8. The Kier molecular flexibility index (Phi) is 2.58. The Balaban J connectivity index is 2.59. The maximum absolute atomic E-state index is 11.8. The summed E-state index contributed by atoms with van der Waals surface area (Å²) in [4.78, 5) is 36.0. The second-order valence-corrected chi connectivity index (χ2v) is 4.40. The minimum absolute atomic E-state index is 0.0412. The van der Waals surface area contributed by atoms with E-state index in [1.54, 1.807) is 13.0 Å². The van der Waals surface area contributed by atoms with Crippen molar-refractivity contribution in [3.05, 3.63) is 28.8 Å². The van der Waals surface area contributed by atoms with Crippen molar-refractivity contribution in [1.82, 2.24) is 0 Å². The molecule has 0 bridgehead atoms. The lowest BCUT2D eigenvalue weighted by Crippen LogP contribution is -2.33. The molecule has 1 aliphatic heterocycles. The summed E-state index contributed by atoms with van der Waals surface area (Å²) in [5, 5.41) is 0. The Morgan fingerprint density at radius 2 is 1.88 bits per heavy atom. The van der Waals surface area contributed by atoms with E-state index >= 15 is 0 Å². The van der Waals surface area contributed by atoms with E-state index in [2.05, 4.69) is 0 Å². The second kappa shape index (κ2) is 3.80. The highest BCUT2D eigenvalue weighted by Crippen LogP contribution is 2.32. The van der Waals surface area contributed by atoms with Crippen LogP contribution in [0.1, 0.15) is 28.4 Å². The van der Waals surface area contributed by atoms with Crippen LogP contribution in [0, 0.1) is 13.8 Å². The molecule has 1 aromatic rings. The minimum atomic E-state index is -0.607. The van der Waals surface area contributed by atoms with Crippen molar-refractivity contribution in [2.75, 3.05) is 11.4 Å². The predicted octanol–water partition coefficient (Wildman–Crippen LogP) is 1.42. The molecule has 17 heavy (non-hydrogen) atoms. The van der Waals surface area contributed by atoms with Gasteiger partial charge in [-0.1, -0.05) is 6.07 Å². The SMILES string of the molecule is CC(=O)CN1C(=O)C(=O)c2c(C)cc(C)cc21. The van der Waals surface area contributed by atoms with Gasteiger partial charge in [0.2, 0.25) is 0 Å². The van der Waals surface area contributed by atoms with Crippen LogP contribution in [0.3, 0.4) is 0 Å². The average molecular weight is 231 g/mol. The van der Waals surface area contributed by atoms with E-state index in [0.29, 0.717) is 11.3 Å². The van der Waals surface area contributed by atoms with E-state index in [0.717, 1.165) is 11.1 Å². The molecule has 0 aliphatic carbocycles. The molecule has 1 amide bonds. The van der Waals surface area contributed by atoms with E-state index in [-0.39, 0.29) is 12.3 Å². The van der Waals surface area contributed by atoms with Crippen LogP contribution in [0.15, 0.2) is 12.1 Å². The highest BCUT2D eigenvalue weighted by molar-refractivity contribution is 6.53. The zero-order valence-corrected chi connectivity index (χ0v) is 10.0. The molecule has 0 saturated carbocycles. The molecule has 1 aromatic carbocycles. The first-order valence-electron chi connectivity index (χ1n) is 5.38. The number of fused-ring (bicyclic) bond motifs is 1. The number of Topliss-reactive ketones (excluding diaryl/α,β-unsaturated/α-hetero) is 2. The third kappa shape index (κ3) is 1.75. The van der Waals surface area contributed by atoms with Crippen molar-refractivity contribution < 1.29 is 14.4 Å². The van der Waals surface area contributed by atoms with E-state index < -0.39 is 11.7 Å². The number of amides is 1. The summed E-state index contributed by atoms with van der Waals surface area (Å²) in [5.74, 6) is -1.26. The van der Waals surface area contributed by atoms with Crippen molar-refractivity contribution in [2.45, 2.75) is 20.8 Å². The van der Waals surface area contributed by atoms with Gasteiger partial charge in [0.1, 0.15) is 5.78 Å². The van der Waals surface area contributed by atoms with Gasteiger partial charge < -0.3 is 0 Å². The standard InChI is InChI=1S/C13H13NO3/c1-7-4-8(2)11-10(5-7)14(6-9(3)15)13(17)12(11)16/h4-5H,6H2,1-3H3. The molecular weight excluding hydrogens is 218 g/mol. The molecule has 88 valence electrons. The number of hydrogen-bond acceptors (Lipinski definition) is 3. The number of aryl methyl sites for hydroxylation is 2. The molecule has 2 rings (SSSR count). The lowest BCUT2D eigenvalue weighted by molar-refractivity contribution is -0.119. The van der Waals surface area contributed by atoms with Crippen molar-refractivity contribution in [1.29, 1.82) is 0 Å². The minimum Gasteiger partial charge on any atom is -0.298 e. The van der Waals surface area contributed by atoms with Crippen LogP contribution < -0.4 is 4.90 Å². The summed E-state index contributed by atoms with van der Waals surface area (Å²) >= 11 is 0. The van der Waals surface area contributed by atoms with Gasteiger partial charge in [0.25, 0.3) is 11.7 Å². The zero-order chi connectivity index (χ0) is 12.7. The molecule has 0 aromatic heterocycles. The maximum Gasteiger partial charge on any atom is 0.299 e. The molecule has 0 atom stereocenters. The summed E-state index contributed by atoms with van der Waals surface area (Å²) in [7, 11) is 0. The Bertz CT molecular complexity index is 546. The molecule has 4 nitrogen and oxygen atoms in total. The molecular formula is C13H13NO3. The molecule has 0 N–H and O–H groups in total. The molecule has 4 heteroatoms. The lowest BCUT2D eigenvalue weighted by Gasteiger charge is -2.15. The fourth-order valence-corrected chi connectivity index (χ4v) is 2.17. The van der Waals surface area contributed by atoms with Gasteiger partial charge in [-0.25, -0.2) is 0 Å². The van der Waals surface area contributed by atoms with Gasteiger partial charge in [0, 0.05) is 0 Å². The van der Waals surface area contributed by atoms with Crippen molar-refractivity contribution in [3.8, 4) is 0 Å². The van der Waals surface area contributed by atoms with E-state index in [1.807, 2.05) is 13.0 Å². The van der Waals surface area contributed by atoms with E-state index in [1.165, 1.54) is 11.8 Å². The highest BCUT2D eigenvalue weighted by atomic mass is 16.2. The first-order valence-corrected chi connectivity index (χ1v) is 5.38. The number of benzene rings is 1. The number of rotatable bonds is 2. The summed E-state index contributed by atoms with van der Waals surface area (Å²) < 4.78 is 0. The predicted molar refractivity (Wildman–Crippen MR) is 63.3 cm³/mol. The van der Waals surface area contributed by atoms with Crippen LogP contribution in [0.2, 0.25) is 0 Å². The molecule has 0 fully saturated rings. The number of carbonyl (C=O) groups is 3. The van der Waals surface area contributed by atoms with Gasteiger partial charge in [-0.2, -0.15) is 0 Å². The number of ketones is 2. The summed E-state index contributed by atoms with van der Waals surface area (Å²) in [6.45, 7) is 5.06. The van der Waals surface area contributed by atoms with Gasteiger partial charge in [0.05, 0.1) is 17.8 Å². The van der Waals surface area contributed by atoms with Crippen molar-refractivity contribution in [2.24, 2.45) is 0 Å². The smallest absolute Gasteiger partial charge is 0.298 e. The van der Waals surface area contributed by atoms with Crippen LogP contribution in [0.25, 0.3) is 0 Å². The first-order chi connectivity index (χ1) is 7.91. The summed E-state index contributed by atoms with van der Waals surface area (Å²) in [5.41, 5.74) is 2.75. The summed E-state index contributed by atoms with van der Waals surface area (Å²) in [6, 6.07) is 3.63. The third-order valence-corrected chi connectivity index (χ3v) is 2.80. The quantitative estimate of drug-likeness (QED) is 0.723. The van der Waals surface area contributed by atoms with Crippen LogP contribution in [0.4, 0.5) is 5.69 Å². The highest BCUT2D eigenvalue weighted by Gasteiger charge is 2.37. The van der Waals surface area contributed by atoms with Crippen LogP contribution in [-0.2, 0) is 9.59 Å². The topological polar surface area (TPSA) is 54.5 Å². The van der Waals surface area contributed by atoms with Gasteiger partial charge >= 0.3 is 0 Å². The van der Waals surface area contributed by atoms with Crippen LogP contribution in [0.5, 0.6) is 0 Å². The molecule has 1 heterocycles. The fourth-order valence-electron chi connectivity index (χ4n) is 2.17. The Morgan fingerprint density at radius 1 is 1.24 bits per heavy atom. The fraction of sp³-hybridized carbons (Fsp3) is 0.308. The largest absolute Gasteiger partial charge is 0.299 e. The van der Waals surface area contributed by atoms with Crippen molar-refractivity contribution >= 4 is 23.2 Å². The Hall–Kier alpha value is -1.97. The lowest BCUT2D eigenvalue weighted by atomic mass is 10.0. The number of nitrogens with zero attached hydrogens (tertiary/aromatic N) is 1. The number of carbonyl (C=O) groups excluding carboxylic acids is 3. The van der Waals surface area contributed by atoms with Gasteiger partial charge in [-0.3, -0.25) is 19.3 Å². The Morgan fingerprint density at radius 3 is 2.47 bits per heavy atom. The van der Waals surface area contributed by atoms with E-state index in [4.69, 9.17) is 0 Å². The molecule has 0 radical (unpaired) electrons. The van der Waals surface area contributed by atoms with Gasteiger partial charge in [-0.05, 0) is 38.0 Å². The first kappa shape index (κ1) is 11.5.